The van der Waals surface area contributed by atoms with Gasteiger partial charge in [-0.2, -0.15) is 4.98 Å². The van der Waals surface area contributed by atoms with Gasteiger partial charge in [-0.3, -0.25) is 4.79 Å². The molecular formula is C19H19N3O3. The molecule has 0 unspecified atom stereocenters. The standard InChI is InChI=1S/C19H19N3O3/c1-22(14-8-4-3-5-9-14)18(23)13-12-17-20-19(21-25-17)15-10-6-7-11-16(15)24-2/h3-11H,12-13H2,1-2H3. The molecule has 2 aromatic carbocycles. The van der Waals surface area contributed by atoms with E-state index >= 15 is 0 Å². The smallest absolute Gasteiger partial charge is 0.227 e. The monoisotopic (exact) mass is 337 g/mol. The molecule has 1 aromatic heterocycles. The SMILES string of the molecule is COc1ccccc1-c1noc(CCC(=O)N(C)c2ccccc2)n1. The van der Waals surface area contributed by atoms with E-state index in [-0.39, 0.29) is 5.91 Å². The Labute approximate surface area is 146 Å². The lowest BCUT2D eigenvalue weighted by atomic mass is 10.2. The number of aryl methyl sites for hydroxylation is 1. The molecule has 0 saturated heterocycles. The minimum absolute atomic E-state index is 0.0109. The van der Waals surface area contributed by atoms with E-state index in [2.05, 4.69) is 10.1 Å². The van der Waals surface area contributed by atoms with Crippen molar-refractivity contribution in [2.75, 3.05) is 19.1 Å². The molecule has 0 fully saturated rings. The van der Waals surface area contributed by atoms with Crippen molar-refractivity contribution in [3.05, 3.63) is 60.5 Å². The number of hydrogen-bond donors (Lipinski definition) is 0. The summed E-state index contributed by atoms with van der Waals surface area (Å²) in [6, 6.07) is 17.0. The zero-order valence-electron chi connectivity index (χ0n) is 14.2. The molecule has 25 heavy (non-hydrogen) atoms. The summed E-state index contributed by atoms with van der Waals surface area (Å²) in [6.45, 7) is 0. The maximum absolute atomic E-state index is 12.3. The van der Waals surface area contributed by atoms with Crippen LogP contribution < -0.4 is 9.64 Å². The summed E-state index contributed by atoms with van der Waals surface area (Å²) < 4.78 is 10.6. The van der Waals surface area contributed by atoms with Gasteiger partial charge < -0.3 is 14.2 Å². The van der Waals surface area contributed by atoms with E-state index in [1.54, 1.807) is 19.1 Å². The number of nitrogens with zero attached hydrogens (tertiary/aromatic N) is 3. The lowest BCUT2D eigenvalue weighted by Gasteiger charge is -2.16. The molecule has 0 atom stereocenters. The molecule has 1 amide bonds. The van der Waals surface area contributed by atoms with Crippen LogP contribution in [0.2, 0.25) is 0 Å². The Morgan fingerprint density at radius 1 is 1.12 bits per heavy atom. The van der Waals surface area contributed by atoms with E-state index in [1.807, 2.05) is 54.6 Å². The van der Waals surface area contributed by atoms with E-state index in [4.69, 9.17) is 9.26 Å². The Morgan fingerprint density at radius 3 is 2.60 bits per heavy atom. The predicted octanol–water partition coefficient (Wildman–Crippen LogP) is 3.34. The number of methoxy groups -OCH3 is 1. The summed E-state index contributed by atoms with van der Waals surface area (Å²) in [7, 11) is 3.35. The molecule has 1 heterocycles. The van der Waals surface area contributed by atoms with Crippen LogP contribution in [0.3, 0.4) is 0 Å². The molecule has 0 spiro atoms. The van der Waals surface area contributed by atoms with Gasteiger partial charge in [-0.05, 0) is 24.3 Å². The lowest BCUT2D eigenvalue weighted by Crippen LogP contribution is -2.26. The third-order valence-electron chi connectivity index (χ3n) is 3.89. The van der Waals surface area contributed by atoms with E-state index < -0.39 is 0 Å². The van der Waals surface area contributed by atoms with Crippen LogP contribution in [0.25, 0.3) is 11.4 Å². The molecule has 0 aliphatic heterocycles. The van der Waals surface area contributed by atoms with Crippen molar-refractivity contribution in [3.63, 3.8) is 0 Å². The Morgan fingerprint density at radius 2 is 1.84 bits per heavy atom. The summed E-state index contributed by atoms with van der Waals surface area (Å²) in [4.78, 5) is 18.3. The van der Waals surface area contributed by atoms with Crippen molar-refractivity contribution < 1.29 is 14.1 Å². The van der Waals surface area contributed by atoms with Gasteiger partial charge in [-0.1, -0.05) is 35.5 Å². The lowest BCUT2D eigenvalue weighted by molar-refractivity contribution is -0.118. The fraction of sp³-hybridized carbons (Fsp3) is 0.211. The fourth-order valence-electron chi connectivity index (χ4n) is 2.47. The largest absolute Gasteiger partial charge is 0.496 e. The number of benzene rings is 2. The molecule has 0 aliphatic carbocycles. The first-order valence-corrected chi connectivity index (χ1v) is 7.96. The second kappa shape index (κ2) is 7.61. The van der Waals surface area contributed by atoms with E-state index in [0.717, 1.165) is 11.3 Å². The molecule has 0 radical (unpaired) electrons. The van der Waals surface area contributed by atoms with Crippen molar-refractivity contribution in [1.29, 1.82) is 0 Å². The van der Waals surface area contributed by atoms with Gasteiger partial charge in [0.15, 0.2) is 0 Å². The molecule has 0 N–H and O–H groups in total. The average molecular weight is 337 g/mol. The van der Waals surface area contributed by atoms with Crippen LogP contribution in [0.15, 0.2) is 59.1 Å². The molecule has 0 bridgehead atoms. The predicted molar refractivity (Wildman–Crippen MR) is 94.5 cm³/mol. The quantitative estimate of drug-likeness (QED) is 0.690. The van der Waals surface area contributed by atoms with Crippen molar-refractivity contribution in [2.45, 2.75) is 12.8 Å². The molecule has 0 saturated carbocycles. The Bertz CT molecular complexity index is 846. The maximum Gasteiger partial charge on any atom is 0.227 e. The summed E-state index contributed by atoms with van der Waals surface area (Å²) in [5.41, 5.74) is 1.61. The van der Waals surface area contributed by atoms with Gasteiger partial charge in [-0.15, -0.1) is 0 Å². The summed E-state index contributed by atoms with van der Waals surface area (Å²) in [5.74, 6) is 1.55. The van der Waals surface area contributed by atoms with Crippen molar-refractivity contribution in [3.8, 4) is 17.1 Å². The van der Waals surface area contributed by atoms with Gasteiger partial charge in [-0.25, -0.2) is 0 Å². The van der Waals surface area contributed by atoms with Crippen LogP contribution in [-0.4, -0.2) is 30.2 Å². The van der Waals surface area contributed by atoms with Crippen LogP contribution in [-0.2, 0) is 11.2 Å². The molecule has 3 aromatic rings. The summed E-state index contributed by atoms with van der Waals surface area (Å²) in [6.07, 6.45) is 0.678. The fourth-order valence-corrected chi connectivity index (χ4v) is 2.47. The number of aromatic nitrogens is 2. The number of rotatable bonds is 6. The second-order valence-electron chi connectivity index (χ2n) is 5.50. The molecule has 128 valence electrons. The number of para-hydroxylation sites is 2. The first kappa shape index (κ1) is 16.7. The van der Waals surface area contributed by atoms with E-state index in [1.165, 1.54) is 0 Å². The average Bonchev–Trinajstić information content (AvgIpc) is 3.15. The maximum atomic E-state index is 12.3. The van der Waals surface area contributed by atoms with Crippen molar-refractivity contribution in [2.24, 2.45) is 0 Å². The molecule has 6 nitrogen and oxygen atoms in total. The number of carbonyl (C=O) groups excluding carboxylic acids is 1. The topological polar surface area (TPSA) is 68.5 Å². The number of ether oxygens (including phenoxy) is 1. The van der Waals surface area contributed by atoms with Gasteiger partial charge in [0.1, 0.15) is 5.75 Å². The summed E-state index contributed by atoms with van der Waals surface area (Å²) in [5, 5.41) is 3.98. The van der Waals surface area contributed by atoms with Crippen molar-refractivity contribution in [1.82, 2.24) is 10.1 Å². The van der Waals surface area contributed by atoms with Crippen LogP contribution in [0, 0.1) is 0 Å². The van der Waals surface area contributed by atoms with Crippen LogP contribution in [0.5, 0.6) is 5.75 Å². The van der Waals surface area contributed by atoms with Gasteiger partial charge >= 0.3 is 0 Å². The normalized spacial score (nSPS) is 10.5. The zero-order chi connectivity index (χ0) is 17.6. The first-order chi connectivity index (χ1) is 12.2. The third kappa shape index (κ3) is 3.85. The highest BCUT2D eigenvalue weighted by Gasteiger charge is 2.15. The Hall–Kier alpha value is -3.15. The highest BCUT2D eigenvalue weighted by atomic mass is 16.5. The number of anilines is 1. The molecular weight excluding hydrogens is 318 g/mol. The Kier molecular flexibility index (Phi) is 5.09. The van der Waals surface area contributed by atoms with Gasteiger partial charge in [0, 0.05) is 25.6 Å². The van der Waals surface area contributed by atoms with Gasteiger partial charge in [0.25, 0.3) is 0 Å². The number of carbonyl (C=O) groups is 1. The third-order valence-corrected chi connectivity index (χ3v) is 3.89. The van der Waals surface area contributed by atoms with E-state index in [0.29, 0.717) is 30.3 Å². The molecule has 0 aliphatic rings. The summed E-state index contributed by atoms with van der Waals surface area (Å²) >= 11 is 0. The minimum atomic E-state index is -0.0109. The highest BCUT2D eigenvalue weighted by molar-refractivity contribution is 5.92. The minimum Gasteiger partial charge on any atom is -0.496 e. The van der Waals surface area contributed by atoms with Crippen LogP contribution >= 0.6 is 0 Å². The number of amides is 1. The van der Waals surface area contributed by atoms with E-state index in [9.17, 15) is 4.79 Å². The van der Waals surface area contributed by atoms with Crippen LogP contribution in [0.4, 0.5) is 5.69 Å². The van der Waals surface area contributed by atoms with Gasteiger partial charge in [0.2, 0.25) is 17.6 Å². The second-order valence-corrected chi connectivity index (χ2v) is 5.50. The van der Waals surface area contributed by atoms with Gasteiger partial charge in [0.05, 0.1) is 12.7 Å². The van der Waals surface area contributed by atoms with Crippen LogP contribution in [0.1, 0.15) is 12.3 Å². The molecule has 6 heteroatoms. The first-order valence-electron chi connectivity index (χ1n) is 7.96. The number of hydrogen-bond acceptors (Lipinski definition) is 5. The zero-order valence-corrected chi connectivity index (χ0v) is 14.2. The van der Waals surface area contributed by atoms with Crippen molar-refractivity contribution >= 4 is 11.6 Å². The highest BCUT2D eigenvalue weighted by Crippen LogP contribution is 2.27. The Balaban J connectivity index is 1.65. The molecule has 3 rings (SSSR count).